The van der Waals surface area contributed by atoms with Crippen molar-refractivity contribution in [3.8, 4) is 0 Å². The fraction of sp³-hybridized carbons (Fsp3) is 0.389. The number of fused-ring (bicyclic) bond motifs is 1. The van der Waals surface area contributed by atoms with E-state index in [2.05, 4.69) is 21.2 Å². The van der Waals surface area contributed by atoms with E-state index >= 15 is 0 Å². The minimum Gasteiger partial charge on any atom is -0.352 e. The summed E-state index contributed by atoms with van der Waals surface area (Å²) in [6.45, 7) is 2.38. The van der Waals surface area contributed by atoms with Crippen LogP contribution in [-0.2, 0) is 12.8 Å². The molecular weight excluding hydrogens is 370 g/mol. The molecule has 1 aliphatic heterocycles. The zero-order valence-electron chi connectivity index (χ0n) is 14.6. The van der Waals surface area contributed by atoms with E-state index in [0.29, 0.717) is 26.2 Å². The second kappa shape index (κ2) is 7.11. The molecule has 0 atom stereocenters. The Hall–Kier alpha value is -2.74. The van der Waals surface area contributed by atoms with Gasteiger partial charge in [-0.2, -0.15) is 5.10 Å². The first kappa shape index (κ1) is 17.7. The van der Waals surface area contributed by atoms with Crippen LogP contribution in [0.5, 0.6) is 0 Å². The number of non-ortho nitro benzene ring substituents is 1. The summed E-state index contributed by atoms with van der Waals surface area (Å²) in [4.78, 5) is 26.8. The maximum absolute atomic E-state index is 12.7. The van der Waals surface area contributed by atoms with Crippen LogP contribution in [0.2, 0.25) is 5.02 Å². The Morgan fingerprint density at radius 3 is 2.59 bits per heavy atom. The number of aryl methyl sites for hydroxylation is 2. The van der Waals surface area contributed by atoms with Crippen molar-refractivity contribution in [2.45, 2.75) is 19.3 Å². The lowest BCUT2D eigenvalue weighted by Crippen LogP contribution is -2.49. The van der Waals surface area contributed by atoms with Gasteiger partial charge < -0.3 is 9.80 Å². The summed E-state index contributed by atoms with van der Waals surface area (Å²) in [6, 6.07) is 6.04. The number of benzene rings is 1. The lowest BCUT2D eigenvalue weighted by molar-refractivity contribution is -0.384. The minimum atomic E-state index is -0.531. The number of carbonyl (C=O) groups is 1. The Bertz CT molecular complexity index is 912. The Morgan fingerprint density at radius 2 is 1.89 bits per heavy atom. The number of carbonyl (C=O) groups excluding carboxylic acids is 1. The SMILES string of the molecule is O=C(c1ccc([N+](=O)[O-])cc1Cl)N1CCN(c2cc3c(nn2)CCC3)CC1. The normalized spacial score (nSPS) is 16.3. The molecule has 0 N–H and O–H groups in total. The first-order valence-corrected chi connectivity index (χ1v) is 9.24. The fourth-order valence-electron chi connectivity index (χ4n) is 3.57. The number of halogens is 1. The number of piperazine rings is 1. The molecular formula is C18H18ClN5O3. The largest absolute Gasteiger partial charge is 0.352 e. The third kappa shape index (κ3) is 3.44. The molecule has 2 heterocycles. The number of hydrogen-bond acceptors (Lipinski definition) is 6. The molecule has 0 saturated carbocycles. The van der Waals surface area contributed by atoms with Gasteiger partial charge in [0.15, 0.2) is 5.82 Å². The predicted molar refractivity (Wildman–Crippen MR) is 100 cm³/mol. The molecule has 2 aliphatic rings. The van der Waals surface area contributed by atoms with Gasteiger partial charge in [-0.3, -0.25) is 14.9 Å². The van der Waals surface area contributed by atoms with Crippen LogP contribution in [0.1, 0.15) is 28.0 Å². The topological polar surface area (TPSA) is 92.5 Å². The molecule has 1 fully saturated rings. The number of nitrogens with zero attached hydrogens (tertiary/aromatic N) is 5. The molecule has 0 radical (unpaired) electrons. The van der Waals surface area contributed by atoms with Gasteiger partial charge in [0.05, 0.1) is 21.2 Å². The van der Waals surface area contributed by atoms with Crippen LogP contribution in [-0.4, -0.2) is 52.1 Å². The van der Waals surface area contributed by atoms with E-state index in [1.54, 1.807) is 4.90 Å². The van der Waals surface area contributed by atoms with Crippen LogP contribution in [0.15, 0.2) is 24.3 Å². The number of aromatic nitrogens is 2. The number of amides is 1. The highest BCUT2D eigenvalue weighted by Crippen LogP contribution is 2.26. The smallest absolute Gasteiger partial charge is 0.270 e. The molecule has 8 nitrogen and oxygen atoms in total. The highest BCUT2D eigenvalue weighted by atomic mass is 35.5. The quantitative estimate of drug-likeness (QED) is 0.593. The van der Waals surface area contributed by atoms with E-state index in [1.807, 2.05) is 0 Å². The summed E-state index contributed by atoms with van der Waals surface area (Å²) >= 11 is 6.09. The minimum absolute atomic E-state index is 0.0983. The van der Waals surface area contributed by atoms with Crippen LogP contribution in [0.4, 0.5) is 11.5 Å². The number of rotatable bonds is 3. The molecule has 4 rings (SSSR count). The maximum atomic E-state index is 12.7. The van der Waals surface area contributed by atoms with Gasteiger partial charge in [-0.05, 0) is 37.0 Å². The summed E-state index contributed by atoms with van der Waals surface area (Å²) in [6.07, 6.45) is 3.18. The van der Waals surface area contributed by atoms with Crippen molar-refractivity contribution in [1.82, 2.24) is 15.1 Å². The standard InChI is InChI=1S/C18H18ClN5O3/c19-15-11-13(24(26)27)4-5-14(15)18(25)23-8-6-22(7-9-23)17-10-12-2-1-3-16(12)20-21-17/h4-5,10-11H,1-3,6-9H2. The zero-order chi connectivity index (χ0) is 19.0. The molecule has 27 heavy (non-hydrogen) atoms. The second-order valence-electron chi connectivity index (χ2n) is 6.73. The van der Waals surface area contributed by atoms with Gasteiger partial charge in [-0.1, -0.05) is 11.6 Å². The van der Waals surface area contributed by atoms with Gasteiger partial charge in [0.2, 0.25) is 0 Å². The fourth-order valence-corrected chi connectivity index (χ4v) is 3.83. The molecule has 0 bridgehead atoms. The Morgan fingerprint density at radius 1 is 1.11 bits per heavy atom. The molecule has 0 spiro atoms. The van der Waals surface area contributed by atoms with E-state index in [9.17, 15) is 14.9 Å². The molecule has 1 aromatic heterocycles. The molecule has 2 aromatic rings. The molecule has 1 saturated heterocycles. The van der Waals surface area contributed by atoms with Crippen LogP contribution in [0.25, 0.3) is 0 Å². The van der Waals surface area contributed by atoms with Crippen molar-refractivity contribution < 1.29 is 9.72 Å². The molecule has 1 aliphatic carbocycles. The number of anilines is 1. The van der Waals surface area contributed by atoms with Crippen molar-refractivity contribution in [1.29, 1.82) is 0 Å². The average Bonchev–Trinajstić information content (AvgIpc) is 3.15. The summed E-state index contributed by atoms with van der Waals surface area (Å²) in [7, 11) is 0. The molecule has 0 unspecified atom stereocenters. The van der Waals surface area contributed by atoms with Crippen LogP contribution < -0.4 is 4.90 Å². The van der Waals surface area contributed by atoms with E-state index in [-0.39, 0.29) is 22.2 Å². The van der Waals surface area contributed by atoms with E-state index in [4.69, 9.17) is 11.6 Å². The van der Waals surface area contributed by atoms with E-state index in [0.717, 1.165) is 30.8 Å². The monoisotopic (exact) mass is 387 g/mol. The van der Waals surface area contributed by atoms with Crippen molar-refractivity contribution in [2.24, 2.45) is 0 Å². The van der Waals surface area contributed by atoms with E-state index in [1.165, 1.54) is 23.8 Å². The molecule has 9 heteroatoms. The van der Waals surface area contributed by atoms with Gasteiger partial charge in [0, 0.05) is 38.3 Å². The number of hydrogen-bond donors (Lipinski definition) is 0. The lowest BCUT2D eigenvalue weighted by Gasteiger charge is -2.35. The van der Waals surface area contributed by atoms with E-state index < -0.39 is 4.92 Å². The summed E-state index contributed by atoms with van der Waals surface area (Å²) in [5.74, 6) is 0.644. The van der Waals surface area contributed by atoms with Gasteiger partial charge in [-0.15, -0.1) is 5.10 Å². The summed E-state index contributed by atoms with van der Waals surface area (Å²) in [5.41, 5.74) is 2.53. The predicted octanol–water partition coefficient (Wildman–Crippen LogP) is 2.49. The Kier molecular flexibility index (Phi) is 4.65. The highest BCUT2D eigenvalue weighted by molar-refractivity contribution is 6.34. The van der Waals surface area contributed by atoms with Gasteiger partial charge in [0.25, 0.3) is 11.6 Å². The zero-order valence-corrected chi connectivity index (χ0v) is 15.4. The second-order valence-corrected chi connectivity index (χ2v) is 7.14. The molecule has 140 valence electrons. The van der Waals surface area contributed by atoms with Gasteiger partial charge >= 0.3 is 0 Å². The molecule has 1 aromatic carbocycles. The van der Waals surface area contributed by atoms with Crippen molar-refractivity contribution >= 4 is 29.0 Å². The third-order valence-electron chi connectivity index (χ3n) is 5.09. The molecule has 1 amide bonds. The van der Waals surface area contributed by atoms with Crippen LogP contribution in [0, 0.1) is 10.1 Å². The maximum Gasteiger partial charge on any atom is 0.270 e. The van der Waals surface area contributed by atoms with Crippen molar-refractivity contribution in [3.63, 3.8) is 0 Å². The van der Waals surface area contributed by atoms with Gasteiger partial charge in [-0.25, -0.2) is 0 Å². The Balaban J connectivity index is 1.43. The average molecular weight is 388 g/mol. The van der Waals surface area contributed by atoms with Crippen molar-refractivity contribution in [3.05, 3.63) is 56.2 Å². The number of nitro benzene ring substituents is 1. The summed E-state index contributed by atoms with van der Waals surface area (Å²) in [5, 5.41) is 19.6. The highest BCUT2D eigenvalue weighted by Gasteiger charge is 2.26. The third-order valence-corrected chi connectivity index (χ3v) is 5.40. The first-order chi connectivity index (χ1) is 13.0. The summed E-state index contributed by atoms with van der Waals surface area (Å²) < 4.78 is 0. The van der Waals surface area contributed by atoms with Gasteiger partial charge in [0.1, 0.15) is 0 Å². The number of nitro groups is 1. The Labute approximate surface area is 160 Å². The van der Waals surface area contributed by atoms with Crippen molar-refractivity contribution in [2.75, 3.05) is 31.1 Å². The van der Waals surface area contributed by atoms with Crippen LogP contribution >= 0.6 is 11.6 Å². The van der Waals surface area contributed by atoms with Crippen LogP contribution in [0.3, 0.4) is 0 Å². The lowest BCUT2D eigenvalue weighted by atomic mass is 10.1. The first-order valence-electron chi connectivity index (χ1n) is 8.86.